The summed E-state index contributed by atoms with van der Waals surface area (Å²) in [7, 11) is 0. The Bertz CT molecular complexity index is 1090. The first-order chi connectivity index (χ1) is 14.4. The molecule has 30 heavy (non-hydrogen) atoms. The molecule has 2 aromatic carbocycles. The van der Waals surface area contributed by atoms with Crippen LogP contribution in [0.1, 0.15) is 39.8 Å². The first-order valence-electron chi connectivity index (χ1n) is 9.86. The monoisotopic (exact) mass is 423 g/mol. The van der Waals surface area contributed by atoms with Crippen molar-refractivity contribution in [1.29, 1.82) is 0 Å². The molecular weight excluding hydrogens is 398 g/mol. The normalized spacial score (nSPS) is 11.4. The summed E-state index contributed by atoms with van der Waals surface area (Å²) in [6.45, 7) is 9.27. The minimum atomic E-state index is -0.322. The van der Waals surface area contributed by atoms with Crippen molar-refractivity contribution in [2.75, 3.05) is 5.32 Å². The topological polar surface area (TPSA) is 71.3 Å². The third-order valence-corrected chi connectivity index (χ3v) is 5.19. The van der Waals surface area contributed by atoms with E-state index in [1.807, 2.05) is 49.7 Å². The number of guanidine groups is 1. The van der Waals surface area contributed by atoms with Crippen LogP contribution in [0.3, 0.4) is 0 Å². The van der Waals surface area contributed by atoms with Gasteiger partial charge in [-0.3, -0.25) is 14.8 Å². The molecule has 1 heterocycles. The molecule has 0 bridgehead atoms. The lowest BCUT2D eigenvalue weighted by molar-refractivity contribution is 0.0977. The van der Waals surface area contributed by atoms with Gasteiger partial charge in [0.05, 0.1) is 22.8 Å². The van der Waals surface area contributed by atoms with E-state index < -0.39 is 0 Å². The zero-order valence-corrected chi connectivity index (χ0v) is 18.4. The molecule has 3 aromatic rings. The summed E-state index contributed by atoms with van der Waals surface area (Å²) in [5.74, 6) is 0.0331. The van der Waals surface area contributed by atoms with Gasteiger partial charge in [-0.15, -0.1) is 0 Å². The Hall–Kier alpha value is -3.12. The lowest BCUT2D eigenvalue weighted by Crippen LogP contribution is -2.36. The van der Waals surface area contributed by atoms with Crippen LogP contribution in [0.5, 0.6) is 0 Å². The predicted molar refractivity (Wildman–Crippen MR) is 122 cm³/mol. The molecule has 0 fully saturated rings. The Morgan fingerprint density at radius 1 is 1.13 bits per heavy atom. The van der Waals surface area contributed by atoms with Gasteiger partial charge >= 0.3 is 0 Å². The number of benzene rings is 2. The first kappa shape index (κ1) is 21.6. The lowest BCUT2D eigenvalue weighted by atomic mass is 10.2. The van der Waals surface area contributed by atoms with E-state index in [1.54, 1.807) is 24.3 Å². The number of hydrogen-bond donors (Lipinski definition) is 2. The number of halogens is 1. The Kier molecular flexibility index (Phi) is 6.90. The third kappa shape index (κ3) is 5.07. The minimum Gasteiger partial charge on any atom is -0.326 e. The van der Waals surface area contributed by atoms with Gasteiger partial charge in [0.2, 0.25) is 5.96 Å². The number of aryl methyl sites for hydroxylation is 3. The third-order valence-electron chi connectivity index (χ3n) is 4.86. The molecule has 3 rings (SSSR count). The molecule has 156 valence electrons. The second-order valence-electron chi connectivity index (χ2n) is 7.06. The Morgan fingerprint density at radius 2 is 1.90 bits per heavy atom. The van der Waals surface area contributed by atoms with Crippen LogP contribution in [-0.4, -0.2) is 21.6 Å². The van der Waals surface area contributed by atoms with Gasteiger partial charge in [0.1, 0.15) is 0 Å². The summed E-state index contributed by atoms with van der Waals surface area (Å²) < 4.78 is 1.95. The molecule has 2 N–H and O–H groups in total. The number of aromatic nitrogens is 2. The van der Waals surface area contributed by atoms with Gasteiger partial charge in [-0.1, -0.05) is 35.9 Å². The van der Waals surface area contributed by atoms with E-state index in [2.05, 4.69) is 27.6 Å². The van der Waals surface area contributed by atoms with Crippen molar-refractivity contribution in [3.05, 3.63) is 81.6 Å². The Labute approximate surface area is 182 Å². The number of nitrogens with zero attached hydrogens (tertiary/aromatic N) is 3. The fourth-order valence-corrected chi connectivity index (χ4v) is 3.44. The molecule has 0 saturated carbocycles. The van der Waals surface area contributed by atoms with Gasteiger partial charge in [-0.2, -0.15) is 5.10 Å². The lowest BCUT2D eigenvalue weighted by Gasteiger charge is -2.13. The number of carbonyl (C=O) groups excluding carboxylic acids is 1. The van der Waals surface area contributed by atoms with Gasteiger partial charge in [-0.05, 0) is 57.5 Å². The Balaban J connectivity index is 1.89. The van der Waals surface area contributed by atoms with E-state index >= 15 is 0 Å². The molecule has 6 nitrogen and oxygen atoms in total. The number of anilines is 1. The number of rotatable bonds is 5. The molecule has 7 heteroatoms. The summed E-state index contributed by atoms with van der Waals surface area (Å²) in [5, 5.41) is 11.0. The Morgan fingerprint density at radius 3 is 2.57 bits per heavy atom. The van der Waals surface area contributed by atoms with Crippen LogP contribution in [-0.2, 0) is 13.1 Å². The summed E-state index contributed by atoms with van der Waals surface area (Å²) in [4.78, 5) is 17.5. The number of aliphatic imine (C=N–C) groups is 1. The largest absolute Gasteiger partial charge is 0.326 e. The highest BCUT2D eigenvalue weighted by Crippen LogP contribution is 2.17. The summed E-state index contributed by atoms with van der Waals surface area (Å²) in [6.07, 6.45) is 0. The van der Waals surface area contributed by atoms with Crippen LogP contribution in [0.2, 0.25) is 5.02 Å². The van der Waals surface area contributed by atoms with Gasteiger partial charge in [-0.25, -0.2) is 4.99 Å². The molecule has 0 unspecified atom stereocenters. The van der Waals surface area contributed by atoms with Crippen LogP contribution in [0.15, 0.2) is 53.5 Å². The summed E-state index contributed by atoms with van der Waals surface area (Å²) >= 11 is 6.18. The van der Waals surface area contributed by atoms with Crippen LogP contribution in [0.4, 0.5) is 5.69 Å². The van der Waals surface area contributed by atoms with Crippen LogP contribution < -0.4 is 10.6 Å². The zero-order chi connectivity index (χ0) is 21.7. The summed E-state index contributed by atoms with van der Waals surface area (Å²) in [5.41, 5.74) is 5.39. The fourth-order valence-electron chi connectivity index (χ4n) is 3.22. The quantitative estimate of drug-likeness (QED) is 0.453. The van der Waals surface area contributed by atoms with Crippen molar-refractivity contribution in [2.45, 2.75) is 40.8 Å². The molecule has 0 aliphatic rings. The first-order valence-corrected chi connectivity index (χ1v) is 10.2. The highest BCUT2D eigenvalue weighted by Gasteiger charge is 2.14. The van der Waals surface area contributed by atoms with E-state index in [9.17, 15) is 4.79 Å². The van der Waals surface area contributed by atoms with E-state index in [1.165, 1.54) is 0 Å². The molecular formula is C23H26ClN5O. The highest BCUT2D eigenvalue weighted by atomic mass is 35.5. The fraction of sp³-hybridized carbons (Fsp3) is 0.261. The maximum absolute atomic E-state index is 12.8. The van der Waals surface area contributed by atoms with Crippen molar-refractivity contribution in [2.24, 2.45) is 4.99 Å². The van der Waals surface area contributed by atoms with Gasteiger partial charge in [0, 0.05) is 23.5 Å². The van der Waals surface area contributed by atoms with E-state index in [4.69, 9.17) is 11.6 Å². The molecule has 0 aliphatic heterocycles. The van der Waals surface area contributed by atoms with Gasteiger partial charge < -0.3 is 5.32 Å². The van der Waals surface area contributed by atoms with E-state index in [0.29, 0.717) is 23.1 Å². The number of carbonyl (C=O) groups is 1. The maximum Gasteiger partial charge on any atom is 0.259 e. The van der Waals surface area contributed by atoms with Crippen LogP contribution >= 0.6 is 11.6 Å². The number of amides is 1. The predicted octanol–water partition coefficient (Wildman–Crippen LogP) is 4.88. The van der Waals surface area contributed by atoms with E-state index in [0.717, 1.165) is 34.7 Å². The molecule has 0 spiro atoms. The number of hydrogen-bond acceptors (Lipinski definition) is 3. The second-order valence-corrected chi connectivity index (χ2v) is 7.47. The van der Waals surface area contributed by atoms with Crippen LogP contribution in [0.25, 0.3) is 0 Å². The standard InChI is InChI=1S/C23H26ClN5O/c1-5-29-17(4)20(16(3)28-29)14-25-23(26-18-10-8-9-15(2)13-18)27-22(30)19-11-6-7-12-21(19)24/h6-13H,5,14H2,1-4H3,(H2,25,26,27,30). The van der Waals surface area contributed by atoms with Crippen molar-refractivity contribution in [3.8, 4) is 0 Å². The van der Waals surface area contributed by atoms with Crippen molar-refractivity contribution >= 4 is 29.2 Å². The molecule has 0 radical (unpaired) electrons. The van der Waals surface area contributed by atoms with Crippen molar-refractivity contribution < 1.29 is 4.79 Å². The minimum absolute atomic E-state index is 0.322. The molecule has 1 amide bonds. The average Bonchev–Trinajstić information content (AvgIpc) is 2.99. The van der Waals surface area contributed by atoms with Gasteiger partial charge in [0.15, 0.2) is 0 Å². The molecule has 0 aliphatic carbocycles. The zero-order valence-electron chi connectivity index (χ0n) is 17.7. The smallest absolute Gasteiger partial charge is 0.259 e. The SMILES string of the molecule is CCn1nc(C)c(CN=C(NC(=O)c2ccccc2Cl)Nc2cccc(C)c2)c1C. The maximum atomic E-state index is 12.8. The molecule has 1 aromatic heterocycles. The molecule has 0 atom stereocenters. The highest BCUT2D eigenvalue weighted by molar-refractivity contribution is 6.34. The average molecular weight is 424 g/mol. The van der Waals surface area contributed by atoms with Crippen molar-refractivity contribution in [3.63, 3.8) is 0 Å². The van der Waals surface area contributed by atoms with Crippen LogP contribution in [0, 0.1) is 20.8 Å². The summed E-state index contributed by atoms with van der Waals surface area (Å²) in [6, 6.07) is 14.8. The molecule has 0 saturated heterocycles. The second kappa shape index (κ2) is 9.59. The van der Waals surface area contributed by atoms with Crippen molar-refractivity contribution in [1.82, 2.24) is 15.1 Å². The van der Waals surface area contributed by atoms with E-state index in [-0.39, 0.29) is 5.91 Å². The number of nitrogens with one attached hydrogen (secondary N) is 2. The van der Waals surface area contributed by atoms with Gasteiger partial charge in [0.25, 0.3) is 5.91 Å².